The van der Waals surface area contributed by atoms with Gasteiger partial charge in [-0.1, -0.05) is 106 Å². The van der Waals surface area contributed by atoms with Crippen LogP contribution in [0.5, 0.6) is 28.7 Å². The van der Waals surface area contributed by atoms with Crippen molar-refractivity contribution in [1.82, 2.24) is 20.4 Å². The number of ether oxygens (including phenoxy) is 16. The second-order valence-electron chi connectivity index (χ2n) is 27.2. The Morgan fingerprint density at radius 2 is 1.00 bits per heavy atom. The molecule has 4 aromatic rings. The summed E-state index contributed by atoms with van der Waals surface area (Å²) in [6.45, 7) is 22.3. The van der Waals surface area contributed by atoms with Crippen molar-refractivity contribution in [2.75, 3.05) is 89.6 Å². The lowest BCUT2D eigenvalue weighted by Gasteiger charge is -2.42. The summed E-state index contributed by atoms with van der Waals surface area (Å²) in [6.07, 6.45) is -7.23. The van der Waals surface area contributed by atoms with Crippen LogP contribution in [0.1, 0.15) is 98.6 Å². The van der Waals surface area contributed by atoms with Gasteiger partial charge in [0.1, 0.15) is 58.3 Å². The molecule has 652 valence electrons. The number of nitrogens with zero attached hydrogens (tertiary/aromatic N) is 3. The largest absolute Gasteiger partial charge is 0.509 e. The number of nitrogens with one attached hydrogen (secondary N) is 5. The van der Waals surface area contributed by atoms with E-state index in [0.717, 1.165) is 41.5 Å². The average Bonchev–Trinajstić information content (AvgIpc) is 0.901. The Morgan fingerprint density at radius 3 is 1.47 bits per heavy atom. The molecule has 0 saturated carbocycles. The monoisotopic (exact) mass is 1690 g/mol. The predicted molar refractivity (Wildman–Crippen MR) is 428 cm³/mol. The van der Waals surface area contributed by atoms with E-state index in [9.17, 15) is 73.1 Å². The number of benzene rings is 4. The van der Waals surface area contributed by atoms with Gasteiger partial charge >= 0.3 is 48.4 Å². The van der Waals surface area contributed by atoms with Gasteiger partial charge in [0.25, 0.3) is 11.8 Å². The first-order chi connectivity index (χ1) is 58.0. The molecule has 7 N–H and O–H groups in total. The number of nitro benzene ring substituents is 1. The molecule has 39 nitrogen and oxygen atoms in total. The standard InChI is InChI=1S/C82H98N8O31/c1-13-27-110-75(97)69-67(119-80(101)112-29-15-3)68(120-81(102)113-30-16-4)70(121-82(103)114-31-17-5)76(118-69)117-61-26-23-52(36-60(61)90(104)105)46-116-78(99)86-59-40-65(63(107-12)38-57(59)74(96)89-42-49(9)35-55(89)44-92)109-33-20-18-19-32-108-64-39-58(56(37-62(64)106-11)73(95)88-41-48(8)34-54(88)43-91)85-77(98)115-45-51-21-24-53(25-22-51)84-71(93)50(10)83-72(94)66(47(6)7)87-79(100)111-28-14-2/h13-17,21-26,36-42,47,50,54-55,66-70,76,91-92H,1-5,18-20,27-35,43-46H2,6-12H3,(H,83,94)(H,84,93)(H,85,98)(H,86,99)(H,87,100)/t50-,54-,55-,66-,67-,68-,69-,70+,76+/m0/s1. The number of amides is 7. The normalized spacial score (nSPS) is 17.4. The highest BCUT2D eigenvalue weighted by molar-refractivity contribution is 6.06. The van der Waals surface area contributed by atoms with Crippen LogP contribution in [0.2, 0.25) is 0 Å². The molecule has 39 heteroatoms. The minimum Gasteiger partial charge on any atom is -0.493 e. The molecule has 9 atom stereocenters. The molecule has 0 unspecified atom stereocenters. The SMILES string of the molecule is C=CCOC(=O)N[C@H](C(=O)N[C@@H](C)C(=O)Nc1ccc(COC(=O)Nc2cc(OCCCCCOc3cc(NC(=O)OCc4ccc(O[C@@H]5O[C@H](C(=O)OCC=C)[C@@H](OC(=O)OCC=C)[C@H](OC(=O)OCC=C)[C@H]5OC(=O)OCC=C)c([N+](=O)[O-])c4)c(C(=O)N4C=C(C)C[C@H]4CO)cc3OC)c(OC)cc2C(=O)N2C=C(C)C[C@H]2CO)cc1)C(C)C. The zero-order valence-corrected chi connectivity index (χ0v) is 67.6. The number of unbranched alkanes of at least 4 members (excludes halogenated alkanes) is 2. The summed E-state index contributed by atoms with van der Waals surface area (Å²) < 4.78 is 88.3. The minimum absolute atomic E-state index is 0.0209. The van der Waals surface area contributed by atoms with E-state index in [2.05, 4.69) is 59.5 Å². The fourth-order valence-electron chi connectivity index (χ4n) is 12.0. The van der Waals surface area contributed by atoms with E-state index in [0.29, 0.717) is 43.4 Å². The van der Waals surface area contributed by atoms with Crippen LogP contribution in [0.15, 0.2) is 154 Å². The minimum atomic E-state index is -2.22. The Bertz CT molecular complexity index is 4490. The maximum absolute atomic E-state index is 14.5. The fraction of sp³-hybridized carbons (Fsp3) is 0.402. The molecule has 7 rings (SSSR count). The van der Waals surface area contributed by atoms with Crippen molar-refractivity contribution < 1.29 is 144 Å². The van der Waals surface area contributed by atoms with Crippen LogP contribution >= 0.6 is 0 Å². The topological polar surface area (TPSA) is 486 Å². The first-order valence-electron chi connectivity index (χ1n) is 37.8. The maximum atomic E-state index is 14.5. The highest BCUT2D eigenvalue weighted by Crippen LogP contribution is 2.40. The molecule has 0 bridgehead atoms. The van der Waals surface area contributed by atoms with Gasteiger partial charge in [-0.25, -0.2) is 33.6 Å². The van der Waals surface area contributed by atoms with Gasteiger partial charge in [0, 0.05) is 36.3 Å². The zero-order chi connectivity index (χ0) is 88.4. The number of aliphatic hydroxyl groups is 2. The lowest BCUT2D eigenvalue weighted by molar-refractivity contribution is -0.387. The Labute approximate surface area is 695 Å². The Morgan fingerprint density at radius 1 is 0.537 bits per heavy atom. The molecule has 3 heterocycles. The van der Waals surface area contributed by atoms with Crippen molar-refractivity contribution in [2.45, 2.75) is 135 Å². The van der Waals surface area contributed by atoms with Crippen LogP contribution in [-0.2, 0) is 79.7 Å². The first kappa shape index (κ1) is 94.5. The van der Waals surface area contributed by atoms with Crippen molar-refractivity contribution in [1.29, 1.82) is 0 Å². The molecule has 0 aliphatic carbocycles. The number of nitro groups is 1. The van der Waals surface area contributed by atoms with E-state index in [-0.39, 0.29) is 90.0 Å². The van der Waals surface area contributed by atoms with E-state index in [1.165, 1.54) is 73.4 Å². The number of hydrogen-bond donors (Lipinski definition) is 7. The van der Waals surface area contributed by atoms with Crippen molar-refractivity contribution in [3.63, 3.8) is 0 Å². The van der Waals surface area contributed by atoms with Gasteiger partial charge in [0.05, 0.1) is 80.2 Å². The van der Waals surface area contributed by atoms with Gasteiger partial charge in [-0.3, -0.25) is 39.9 Å². The quantitative estimate of drug-likeness (QED) is 0.00540. The van der Waals surface area contributed by atoms with Crippen LogP contribution in [0.4, 0.5) is 51.5 Å². The summed E-state index contributed by atoms with van der Waals surface area (Å²) in [6, 6.07) is 11.5. The lowest BCUT2D eigenvalue weighted by atomic mass is 9.98. The molecule has 1 fully saturated rings. The number of esters is 1. The summed E-state index contributed by atoms with van der Waals surface area (Å²) in [4.78, 5) is 163. The summed E-state index contributed by atoms with van der Waals surface area (Å²) in [5.41, 5.74) is 1.13. The molecule has 0 radical (unpaired) electrons. The molecule has 121 heavy (non-hydrogen) atoms. The second-order valence-corrected chi connectivity index (χ2v) is 27.2. The Hall–Kier alpha value is -13.7. The number of aliphatic hydroxyl groups excluding tert-OH is 2. The molecule has 4 aromatic carbocycles. The molecule has 3 aliphatic rings. The second kappa shape index (κ2) is 47.0. The predicted octanol–water partition coefficient (Wildman–Crippen LogP) is 10.3. The van der Waals surface area contributed by atoms with Crippen molar-refractivity contribution in [3.8, 4) is 28.7 Å². The van der Waals surface area contributed by atoms with Gasteiger partial charge in [-0.15, -0.1) is 0 Å². The average molecular weight is 1690 g/mol. The van der Waals surface area contributed by atoms with Gasteiger partial charge in [0.15, 0.2) is 47.1 Å². The van der Waals surface area contributed by atoms with Gasteiger partial charge in [-0.05, 0) is 100 Å². The number of methoxy groups -OCH3 is 2. The smallest absolute Gasteiger partial charge is 0.493 e. The number of hydrogen-bond acceptors (Lipinski definition) is 31. The van der Waals surface area contributed by atoms with Gasteiger partial charge < -0.3 is 112 Å². The molecule has 7 amide bonds. The maximum Gasteiger partial charge on any atom is 0.509 e. The van der Waals surface area contributed by atoms with Crippen LogP contribution in [0, 0.1) is 16.0 Å². The highest BCUT2D eigenvalue weighted by Gasteiger charge is 2.58. The van der Waals surface area contributed by atoms with Crippen LogP contribution in [0.25, 0.3) is 0 Å². The fourth-order valence-corrected chi connectivity index (χ4v) is 12.0. The van der Waals surface area contributed by atoms with Crippen LogP contribution < -0.4 is 50.3 Å². The van der Waals surface area contributed by atoms with Gasteiger partial charge in [0.2, 0.25) is 24.2 Å². The number of anilines is 3. The molecular formula is C82H98N8O31. The van der Waals surface area contributed by atoms with Crippen molar-refractivity contribution in [3.05, 3.63) is 186 Å². The number of carbonyl (C=O) groups is 11. The van der Waals surface area contributed by atoms with Crippen molar-refractivity contribution >= 4 is 89.1 Å². The van der Waals surface area contributed by atoms with E-state index >= 15 is 0 Å². The van der Waals surface area contributed by atoms with E-state index in [1.807, 2.05) is 0 Å². The Kier molecular flexibility index (Phi) is 36.7. The summed E-state index contributed by atoms with van der Waals surface area (Å²) >= 11 is 0. The van der Waals surface area contributed by atoms with E-state index < -0.39 is 177 Å². The highest BCUT2D eigenvalue weighted by atomic mass is 16.8. The summed E-state index contributed by atoms with van der Waals surface area (Å²) in [5.74, 6) is -4.45. The van der Waals surface area contributed by atoms with E-state index in [1.54, 1.807) is 64.4 Å². The number of alkyl carbamates (subject to hydrolysis) is 1. The van der Waals surface area contributed by atoms with Crippen LogP contribution in [0.3, 0.4) is 0 Å². The molecule has 1 saturated heterocycles. The first-order valence-corrected chi connectivity index (χ1v) is 37.8. The van der Waals surface area contributed by atoms with E-state index in [4.69, 9.17) is 75.8 Å². The summed E-state index contributed by atoms with van der Waals surface area (Å²) in [7, 11) is 2.68. The number of rotatable bonds is 43. The Balaban J connectivity index is 1.04. The molecule has 0 aromatic heterocycles. The zero-order valence-electron chi connectivity index (χ0n) is 67.6. The number of carbonyl (C=O) groups excluding carboxylic acids is 11. The lowest BCUT2D eigenvalue weighted by Crippen LogP contribution is -2.64. The van der Waals surface area contributed by atoms with Crippen LogP contribution in [-0.4, -0.2) is 220 Å². The van der Waals surface area contributed by atoms with Crippen molar-refractivity contribution in [2.24, 2.45) is 5.92 Å². The third-order valence-corrected chi connectivity index (χ3v) is 17.8. The molecular weight excluding hydrogens is 1590 g/mol. The summed E-state index contributed by atoms with van der Waals surface area (Å²) in [5, 5.41) is 46.4. The molecule has 0 spiro atoms. The third kappa shape index (κ3) is 27.4. The third-order valence-electron chi connectivity index (χ3n) is 17.8. The van der Waals surface area contributed by atoms with Gasteiger partial charge in [-0.2, -0.15) is 0 Å². The molecule has 3 aliphatic heterocycles.